The van der Waals surface area contributed by atoms with E-state index in [0.29, 0.717) is 0 Å². The minimum Gasteiger partial charge on any atom is -0.339 e. The van der Waals surface area contributed by atoms with Gasteiger partial charge < -0.3 is 5.32 Å². The standard InChI is InChI=1S/C20H16N2S/c1-14-16(15-8-3-2-4-9-15)11-7-12-18(14)21-20-17-10-5-6-13-19(17)23-22-20/h2-13H,1H3,(H,21,22). The lowest BCUT2D eigenvalue weighted by atomic mass is 9.99. The average Bonchev–Trinajstić information content (AvgIpc) is 3.01. The lowest BCUT2D eigenvalue weighted by Gasteiger charge is -2.12. The maximum Gasteiger partial charge on any atom is 0.151 e. The molecular weight excluding hydrogens is 300 g/mol. The zero-order chi connectivity index (χ0) is 15.6. The molecule has 4 aromatic rings. The van der Waals surface area contributed by atoms with Crippen LogP contribution in [0.25, 0.3) is 21.2 Å². The Balaban J connectivity index is 1.76. The van der Waals surface area contributed by atoms with E-state index in [1.165, 1.54) is 38.3 Å². The Morgan fingerprint density at radius 3 is 2.48 bits per heavy atom. The van der Waals surface area contributed by atoms with Crippen LogP contribution in [0, 0.1) is 6.92 Å². The fourth-order valence-electron chi connectivity index (χ4n) is 2.81. The Hall–Kier alpha value is -2.65. The molecular formula is C20H16N2S. The maximum atomic E-state index is 4.56. The highest BCUT2D eigenvalue weighted by Crippen LogP contribution is 2.33. The van der Waals surface area contributed by atoms with Crippen LogP contribution in [-0.2, 0) is 0 Å². The maximum absolute atomic E-state index is 4.56. The van der Waals surface area contributed by atoms with Crippen LogP contribution in [-0.4, -0.2) is 4.37 Å². The second kappa shape index (κ2) is 5.86. The van der Waals surface area contributed by atoms with E-state index in [1.807, 2.05) is 12.1 Å². The molecule has 23 heavy (non-hydrogen) atoms. The van der Waals surface area contributed by atoms with E-state index in [2.05, 4.69) is 77.3 Å². The van der Waals surface area contributed by atoms with Crippen LogP contribution in [0.2, 0.25) is 0 Å². The molecule has 0 saturated carbocycles. The first-order valence-electron chi connectivity index (χ1n) is 7.59. The van der Waals surface area contributed by atoms with Crippen molar-refractivity contribution in [2.24, 2.45) is 0 Å². The summed E-state index contributed by atoms with van der Waals surface area (Å²) in [6.45, 7) is 2.15. The lowest BCUT2D eigenvalue weighted by Crippen LogP contribution is -1.95. The van der Waals surface area contributed by atoms with Gasteiger partial charge in [0.25, 0.3) is 0 Å². The number of benzene rings is 3. The monoisotopic (exact) mass is 316 g/mol. The zero-order valence-corrected chi connectivity index (χ0v) is 13.6. The van der Waals surface area contributed by atoms with Crippen LogP contribution >= 0.6 is 11.5 Å². The number of anilines is 2. The molecule has 0 aliphatic heterocycles. The molecule has 0 radical (unpaired) electrons. The van der Waals surface area contributed by atoms with Gasteiger partial charge in [-0.3, -0.25) is 0 Å². The predicted octanol–water partition coefficient (Wildman–Crippen LogP) is 6.02. The van der Waals surface area contributed by atoms with Crippen molar-refractivity contribution in [3.63, 3.8) is 0 Å². The summed E-state index contributed by atoms with van der Waals surface area (Å²) in [6.07, 6.45) is 0. The van der Waals surface area contributed by atoms with Crippen molar-refractivity contribution >= 4 is 33.1 Å². The van der Waals surface area contributed by atoms with Gasteiger partial charge in [0.05, 0.1) is 4.70 Å². The van der Waals surface area contributed by atoms with Crippen LogP contribution in [0.5, 0.6) is 0 Å². The van der Waals surface area contributed by atoms with Crippen LogP contribution in [0.1, 0.15) is 5.56 Å². The Morgan fingerprint density at radius 2 is 1.61 bits per heavy atom. The Kier molecular flexibility index (Phi) is 3.56. The minimum atomic E-state index is 0.930. The number of aromatic nitrogens is 1. The molecule has 0 atom stereocenters. The van der Waals surface area contributed by atoms with E-state index in [1.54, 1.807) is 0 Å². The summed E-state index contributed by atoms with van der Waals surface area (Å²) < 4.78 is 5.77. The topological polar surface area (TPSA) is 24.9 Å². The fraction of sp³-hybridized carbons (Fsp3) is 0.0500. The molecule has 0 aliphatic carbocycles. The molecule has 0 fully saturated rings. The largest absolute Gasteiger partial charge is 0.339 e. The van der Waals surface area contributed by atoms with Crippen molar-refractivity contribution in [1.82, 2.24) is 4.37 Å². The summed E-state index contributed by atoms with van der Waals surface area (Å²) in [4.78, 5) is 0. The van der Waals surface area contributed by atoms with E-state index in [-0.39, 0.29) is 0 Å². The molecule has 4 rings (SSSR count). The van der Waals surface area contributed by atoms with Crippen LogP contribution in [0.3, 0.4) is 0 Å². The van der Waals surface area contributed by atoms with Crippen LogP contribution in [0.15, 0.2) is 72.8 Å². The summed E-state index contributed by atoms with van der Waals surface area (Å²) in [6, 6.07) is 25.1. The van der Waals surface area contributed by atoms with Gasteiger partial charge >= 0.3 is 0 Å². The molecule has 1 N–H and O–H groups in total. The van der Waals surface area contributed by atoms with Gasteiger partial charge in [-0.1, -0.05) is 54.6 Å². The highest BCUT2D eigenvalue weighted by molar-refractivity contribution is 7.13. The van der Waals surface area contributed by atoms with E-state index >= 15 is 0 Å². The summed E-state index contributed by atoms with van der Waals surface area (Å²) in [5, 5.41) is 4.67. The van der Waals surface area contributed by atoms with Gasteiger partial charge in [-0.2, -0.15) is 4.37 Å². The van der Waals surface area contributed by atoms with Gasteiger partial charge in [0.1, 0.15) is 0 Å². The number of fused-ring (bicyclic) bond motifs is 1. The van der Waals surface area contributed by atoms with E-state index < -0.39 is 0 Å². The molecule has 0 unspecified atom stereocenters. The van der Waals surface area contributed by atoms with Gasteiger partial charge in [-0.05, 0) is 53.3 Å². The summed E-state index contributed by atoms with van der Waals surface area (Å²) in [7, 11) is 0. The number of rotatable bonds is 3. The summed E-state index contributed by atoms with van der Waals surface area (Å²) in [5.74, 6) is 0.930. The first-order valence-corrected chi connectivity index (χ1v) is 8.37. The van der Waals surface area contributed by atoms with Crippen molar-refractivity contribution in [2.75, 3.05) is 5.32 Å². The second-order valence-corrected chi connectivity index (χ2v) is 6.30. The SMILES string of the molecule is Cc1c(Nc2nsc3ccccc23)cccc1-c1ccccc1. The number of nitrogens with zero attached hydrogens (tertiary/aromatic N) is 1. The smallest absolute Gasteiger partial charge is 0.151 e. The third kappa shape index (κ3) is 2.60. The first kappa shape index (κ1) is 14.0. The molecule has 2 nitrogen and oxygen atoms in total. The normalized spacial score (nSPS) is 10.8. The van der Waals surface area contributed by atoms with Gasteiger partial charge in [-0.15, -0.1) is 0 Å². The van der Waals surface area contributed by atoms with Crippen LogP contribution in [0.4, 0.5) is 11.5 Å². The lowest BCUT2D eigenvalue weighted by molar-refractivity contribution is 1.40. The van der Waals surface area contributed by atoms with Crippen molar-refractivity contribution in [1.29, 1.82) is 0 Å². The Bertz CT molecular complexity index is 958. The molecule has 1 aromatic heterocycles. The van der Waals surface area contributed by atoms with E-state index in [4.69, 9.17) is 0 Å². The summed E-state index contributed by atoms with van der Waals surface area (Å²) in [5.41, 5.74) is 4.81. The molecule has 3 aromatic carbocycles. The van der Waals surface area contributed by atoms with Crippen molar-refractivity contribution < 1.29 is 0 Å². The van der Waals surface area contributed by atoms with Crippen molar-refractivity contribution in [3.8, 4) is 11.1 Å². The third-order valence-corrected chi connectivity index (χ3v) is 4.88. The molecule has 112 valence electrons. The third-order valence-electron chi connectivity index (χ3n) is 4.05. The molecule has 3 heteroatoms. The van der Waals surface area contributed by atoms with Gasteiger partial charge in [0.15, 0.2) is 5.82 Å². The average molecular weight is 316 g/mol. The first-order chi connectivity index (χ1) is 11.3. The van der Waals surface area contributed by atoms with E-state index in [0.717, 1.165) is 11.5 Å². The van der Waals surface area contributed by atoms with Crippen molar-refractivity contribution in [2.45, 2.75) is 6.92 Å². The quantitative estimate of drug-likeness (QED) is 0.500. The van der Waals surface area contributed by atoms with Gasteiger partial charge in [0, 0.05) is 11.1 Å². The number of hydrogen-bond acceptors (Lipinski definition) is 3. The van der Waals surface area contributed by atoms with Gasteiger partial charge in [0.2, 0.25) is 0 Å². The highest BCUT2D eigenvalue weighted by atomic mass is 32.1. The minimum absolute atomic E-state index is 0.930. The zero-order valence-electron chi connectivity index (χ0n) is 12.8. The fourth-order valence-corrected chi connectivity index (χ4v) is 3.54. The molecule has 0 spiro atoms. The predicted molar refractivity (Wildman–Crippen MR) is 99.5 cm³/mol. The molecule has 0 amide bonds. The molecule has 0 bridgehead atoms. The van der Waals surface area contributed by atoms with Crippen LogP contribution < -0.4 is 5.32 Å². The van der Waals surface area contributed by atoms with Gasteiger partial charge in [-0.25, -0.2) is 0 Å². The molecule has 1 heterocycles. The van der Waals surface area contributed by atoms with E-state index in [9.17, 15) is 0 Å². The molecule has 0 saturated heterocycles. The number of hydrogen-bond donors (Lipinski definition) is 1. The molecule has 0 aliphatic rings. The second-order valence-electron chi connectivity index (χ2n) is 5.50. The number of nitrogens with one attached hydrogen (secondary N) is 1. The highest BCUT2D eigenvalue weighted by Gasteiger charge is 2.09. The Morgan fingerprint density at radius 1 is 0.826 bits per heavy atom. The van der Waals surface area contributed by atoms with Crippen molar-refractivity contribution in [3.05, 3.63) is 78.4 Å². The summed E-state index contributed by atoms with van der Waals surface area (Å²) >= 11 is 1.53. The Labute approximate surface area is 139 Å².